The van der Waals surface area contributed by atoms with E-state index in [1.54, 1.807) is 6.26 Å². The van der Waals surface area contributed by atoms with Gasteiger partial charge in [-0.2, -0.15) is 0 Å². The average Bonchev–Trinajstić information content (AvgIpc) is 3.21. The van der Waals surface area contributed by atoms with Gasteiger partial charge in [0.1, 0.15) is 12.0 Å². The van der Waals surface area contributed by atoms with Gasteiger partial charge in [0.05, 0.1) is 12.3 Å². The molecule has 1 heterocycles. The molecule has 0 saturated carbocycles. The predicted molar refractivity (Wildman–Crippen MR) is 112 cm³/mol. The van der Waals surface area contributed by atoms with Crippen molar-refractivity contribution in [3.05, 3.63) is 84.3 Å². The van der Waals surface area contributed by atoms with Crippen LogP contribution >= 0.6 is 0 Å². The quantitative estimate of drug-likeness (QED) is 0.449. The molecule has 0 amide bonds. The zero-order chi connectivity index (χ0) is 19.3. The zero-order valence-electron chi connectivity index (χ0n) is 16.2. The van der Waals surface area contributed by atoms with Crippen LogP contribution in [0.4, 0.5) is 0 Å². The Bertz CT molecular complexity index is 1050. The molecule has 1 unspecified atom stereocenters. The minimum Gasteiger partial charge on any atom is -0.494 e. The van der Waals surface area contributed by atoms with Gasteiger partial charge in [0.2, 0.25) is 5.89 Å². The van der Waals surface area contributed by atoms with E-state index < -0.39 is 0 Å². The van der Waals surface area contributed by atoms with Crippen molar-refractivity contribution < 1.29 is 9.15 Å². The molecule has 4 rings (SSSR count). The third-order valence-corrected chi connectivity index (χ3v) is 4.84. The van der Waals surface area contributed by atoms with Gasteiger partial charge in [0, 0.05) is 18.2 Å². The van der Waals surface area contributed by atoms with Gasteiger partial charge in [-0.3, -0.25) is 0 Å². The molecule has 0 saturated heterocycles. The summed E-state index contributed by atoms with van der Waals surface area (Å²) in [6.07, 6.45) is 1.72. The first-order chi connectivity index (χ1) is 13.7. The van der Waals surface area contributed by atoms with Crippen molar-refractivity contribution in [3.8, 4) is 17.2 Å². The maximum atomic E-state index is 5.67. The highest BCUT2D eigenvalue weighted by Crippen LogP contribution is 2.25. The number of rotatable bonds is 7. The van der Waals surface area contributed by atoms with Crippen LogP contribution in [0.2, 0.25) is 0 Å². The predicted octanol–water partition coefficient (Wildman–Crippen LogP) is 5.74. The average molecular weight is 372 g/mol. The van der Waals surface area contributed by atoms with Crippen molar-refractivity contribution in [1.29, 1.82) is 0 Å². The van der Waals surface area contributed by atoms with Crippen LogP contribution in [0.5, 0.6) is 5.75 Å². The number of hydrogen-bond acceptors (Lipinski definition) is 4. The summed E-state index contributed by atoms with van der Waals surface area (Å²) < 4.78 is 11.1. The molecule has 142 valence electrons. The van der Waals surface area contributed by atoms with Gasteiger partial charge in [0.25, 0.3) is 0 Å². The molecule has 0 radical (unpaired) electrons. The lowest BCUT2D eigenvalue weighted by Gasteiger charge is -2.15. The van der Waals surface area contributed by atoms with Crippen LogP contribution < -0.4 is 10.1 Å². The molecule has 4 nitrogen and oxygen atoms in total. The van der Waals surface area contributed by atoms with E-state index in [2.05, 4.69) is 59.7 Å². The van der Waals surface area contributed by atoms with Crippen LogP contribution in [0.25, 0.3) is 22.2 Å². The van der Waals surface area contributed by atoms with E-state index in [0.717, 1.165) is 17.0 Å². The Kier molecular flexibility index (Phi) is 5.40. The number of aromatic nitrogens is 1. The number of ether oxygens (including phenoxy) is 1. The number of oxazole rings is 1. The molecule has 1 N–H and O–H groups in total. The van der Waals surface area contributed by atoms with E-state index in [4.69, 9.17) is 9.15 Å². The summed E-state index contributed by atoms with van der Waals surface area (Å²) in [4.78, 5) is 4.61. The summed E-state index contributed by atoms with van der Waals surface area (Å²) in [5, 5.41) is 6.09. The minimum atomic E-state index is 0.205. The van der Waals surface area contributed by atoms with Crippen LogP contribution in [0.3, 0.4) is 0 Å². The topological polar surface area (TPSA) is 47.3 Å². The van der Waals surface area contributed by atoms with E-state index in [0.29, 0.717) is 19.0 Å². The smallest absolute Gasteiger partial charge is 0.226 e. The molecule has 1 aromatic heterocycles. The Morgan fingerprint density at radius 1 is 1.00 bits per heavy atom. The van der Waals surface area contributed by atoms with Crippen LogP contribution in [0, 0.1) is 0 Å². The van der Waals surface area contributed by atoms with Crippen LogP contribution in [0.1, 0.15) is 31.1 Å². The molecule has 0 aliphatic heterocycles. The van der Waals surface area contributed by atoms with E-state index in [-0.39, 0.29) is 6.04 Å². The fraction of sp³-hybridized carbons (Fsp3) is 0.208. The number of nitrogens with zero attached hydrogens (tertiary/aromatic N) is 1. The van der Waals surface area contributed by atoms with E-state index in [1.165, 1.54) is 16.3 Å². The fourth-order valence-corrected chi connectivity index (χ4v) is 3.38. The lowest BCUT2D eigenvalue weighted by Crippen LogP contribution is -2.18. The normalized spacial score (nSPS) is 12.2. The van der Waals surface area contributed by atoms with Gasteiger partial charge in [-0.25, -0.2) is 4.98 Å². The molecule has 0 aliphatic rings. The maximum absolute atomic E-state index is 5.67. The fourth-order valence-electron chi connectivity index (χ4n) is 3.38. The second-order valence-electron chi connectivity index (χ2n) is 6.77. The first-order valence-electron chi connectivity index (χ1n) is 9.63. The van der Waals surface area contributed by atoms with Crippen molar-refractivity contribution in [2.45, 2.75) is 26.4 Å². The summed E-state index contributed by atoms with van der Waals surface area (Å²) >= 11 is 0. The Morgan fingerprint density at radius 2 is 1.79 bits per heavy atom. The van der Waals surface area contributed by atoms with Crippen LogP contribution in [0.15, 0.2) is 77.4 Å². The number of fused-ring (bicyclic) bond motifs is 1. The SMILES string of the molecule is CCOc1ccc(-c2nc(CNC(C)c3cccc4ccccc34)co2)cc1. The third-order valence-electron chi connectivity index (χ3n) is 4.84. The summed E-state index contributed by atoms with van der Waals surface area (Å²) in [7, 11) is 0. The molecule has 3 aromatic carbocycles. The molecular weight excluding hydrogens is 348 g/mol. The van der Waals surface area contributed by atoms with Crippen molar-refractivity contribution in [1.82, 2.24) is 10.3 Å². The van der Waals surface area contributed by atoms with Gasteiger partial charge in [-0.1, -0.05) is 42.5 Å². The third kappa shape index (κ3) is 3.92. The first-order valence-corrected chi connectivity index (χ1v) is 9.63. The molecule has 4 aromatic rings. The van der Waals surface area contributed by atoms with Crippen LogP contribution in [-0.2, 0) is 6.54 Å². The Hall–Kier alpha value is -3.11. The zero-order valence-corrected chi connectivity index (χ0v) is 16.2. The monoisotopic (exact) mass is 372 g/mol. The largest absolute Gasteiger partial charge is 0.494 e. The molecule has 1 atom stereocenters. The van der Waals surface area contributed by atoms with E-state index in [9.17, 15) is 0 Å². The molecular formula is C24H24N2O2. The number of benzene rings is 3. The lowest BCUT2D eigenvalue weighted by molar-refractivity contribution is 0.340. The molecule has 28 heavy (non-hydrogen) atoms. The highest BCUT2D eigenvalue weighted by atomic mass is 16.5. The Labute approximate surface area is 165 Å². The van der Waals surface area contributed by atoms with Gasteiger partial charge in [-0.05, 0) is 54.4 Å². The number of hydrogen-bond donors (Lipinski definition) is 1. The minimum absolute atomic E-state index is 0.205. The molecule has 0 aliphatic carbocycles. The second-order valence-corrected chi connectivity index (χ2v) is 6.77. The van der Waals surface area contributed by atoms with Gasteiger partial charge >= 0.3 is 0 Å². The van der Waals surface area contributed by atoms with Crippen molar-refractivity contribution >= 4 is 10.8 Å². The van der Waals surface area contributed by atoms with Gasteiger partial charge in [0.15, 0.2) is 0 Å². The van der Waals surface area contributed by atoms with Crippen LogP contribution in [-0.4, -0.2) is 11.6 Å². The molecule has 0 spiro atoms. The van der Waals surface area contributed by atoms with Crippen molar-refractivity contribution in [2.75, 3.05) is 6.61 Å². The van der Waals surface area contributed by atoms with Gasteiger partial charge in [-0.15, -0.1) is 0 Å². The van der Waals surface area contributed by atoms with Gasteiger partial charge < -0.3 is 14.5 Å². The molecule has 0 fully saturated rings. The second kappa shape index (κ2) is 8.28. The van der Waals surface area contributed by atoms with E-state index in [1.807, 2.05) is 31.2 Å². The summed E-state index contributed by atoms with van der Waals surface area (Å²) in [5.41, 5.74) is 3.11. The molecule has 4 heteroatoms. The van der Waals surface area contributed by atoms with E-state index >= 15 is 0 Å². The summed E-state index contributed by atoms with van der Waals surface area (Å²) in [6, 6.07) is 22.9. The lowest BCUT2D eigenvalue weighted by atomic mass is 10.00. The summed E-state index contributed by atoms with van der Waals surface area (Å²) in [6.45, 7) is 5.45. The first kappa shape index (κ1) is 18.3. The Balaban J connectivity index is 1.44. The van der Waals surface area contributed by atoms with Crippen molar-refractivity contribution in [2.24, 2.45) is 0 Å². The number of nitrogens with one attached hydrogen (secondary N) is 1. The maximum Gasteiger partial charge on any atom is 0.226 e. The van der Waals surface area contributed by atoms with Crippen molar-refractivity contribution in [3.63, 3.8) is 0 Å². The Morgan fingerprint density at radius 3 is 2.61 bits per heavy atom. The standard InChI is InChI=1S/C24H24N2O2/c1-3-27-21-13-11-19(12-14-21)24-26-20(16-28-24)15-25-17(2)22-10-6-8-18-7-4-5-9-23(18)22/h4-14,16-17,25H,3,15H2,1-2H3. The molecule has 0 bridgehead atoms. The highest BCUT2D eigenvalue weighted by molar-refractivity contribution is 5.86. The summed E-state index contributed by atoms with van der Waals surface area (Å²) in [5.74, 6) is 1.47. The highest BCUT2D eigenvalue weighted by Gasteiger charge is 2.11.